The fourth-order valence-corrected chi connectivity index (χ4v) is 6.38. The van der Waals surface area contributed by atoms with Crippen LogP contribution in [0.2, 0.25) is 0 Å². The molecule has 0 bridgehead atoms. The molecule has 2 aromatic heterocycles. The highest BCUT2D eigenvalue weighted by molar-refractivity contribution is 5.90. The second kappa shape index (κ2) is 15.3. The number of H-pyrrole nitrogens is 1. The summed E-state index contributed by atoms with van der Waals surface area (Å²) in [5, 5.41) is 25.2. The third kappa shape index (κ3) is 7.08. The molecule has 4 aromatic carbocycles. The number of fused-ring (bicyclic) bond motifs is 1. The van der Waals surface area contributed by atoms with Gasteiger partial charge in [-0.3, -0.25) is 24.5 Å². The van der Waals surface area contributed by atoms with E-state index in [1.807, 2.05) is 84.9 Å². The molecule has 6 aromatic rings. The molecule has 272 valence electrons. The van der Waals surface area contributed by atoms with E-state index in [-0.39, 0.29) is 30.3 Å². The van der Waals surface area contributed by atoms with Crippen molar-refractivity contribution >= 4 is 23.0 Å². The molecule has 7 rings (SSSR count). The quantitative estimate of drug-likeness (QED) is 0.128. The summed E-state index contributed by atoms with van der Waals surface area (Å²) in [7, 11) is 3.18. The maximum absolute atomic E-state index is 13.0. The van der Waals surface area contributed by atoms with Crippen molar-refractivity contribution in [1.82, 2.24) is 19.5 Å². The van der Waals surface area contributed by atoms with E-state index in [1.54, 1.807) is 38.5 Å². The van der Waals surface area contributed by atoms with Crippen LogP contribution in [0.25, 0.3) is 11.2 Å². The monoisotopic (exact) mass is 719 g/mol. The van der Waals surface area contributed by atoms with Gasteiger partial charge < -0.3 is 33.9 Å². The number of aliphatic hydroxyl groups excluding tert-OH is 2. The summed E-state index contributed by atoms with van der Waals surface area (Å²) in [6.07, 6.45) is -3.84. The molecule has 0 aliphatic carbocycles. The topological polar surface area (TPSA) is 179 Å². The Labute approximate surface area is 303 Å². The van der Waals surface area contributed by atoms with Crippen LogP contribution in [0.15, 0.2) is 120 Å². The van der Waals surface area contributed by atoms with Gasteiger partial charge in [0, 0.05) is 0 Å². The number of carbonyl (C=O) groups excluding carboxylic acids is 1. The molecule has 4 atom stereocenters. The van der Waals surface area contributed by atoms with E-state index in [0.29, 0.717) is 17.2 Å². The van der Waals surface area contributed by atoms with Gasteiger partial charge in [-0.2, -0.15) is 4.98 Å². The summed E-state index contributed by atoms with van der Waals surface area (Å²) >= 11 is 0. The second-order valence-corrected chi connectivity index (χ2v) is 12.2. The normalized spacial score (nSPS) is 18.5. The number of amides is 1. The number of benzene rings is 4. The van der Waals surface area contributed by atoms with Crippen LogP contribution >= 0.6 is 0 Å². The number of aromatic amines is 1. The van der Waals surface area contributed by atoms with Crippen molar-refractivity contribution in [3.05, 3.63) is 143 Å². The lowest BCUT2D eigenvalue weighted by Crippen LogP contribution is -2.39. The van der Waals surface area contributed by atoms with E-state index in [0.717, 1.165) is 16.7 Å². The van der Waals surface area contributed by atoms with Crippen molar-refractivity contribution in [3.8, 4) is 17.2 Å². The zero-order valence-corrected chi connectivity index (χ0v) is 28.8. The molecule has 0 radical (unpaired) electrons. The fourth-order valence-electron chi connectivity index (χ4n) is 6.38. The minimum absolute atomic E-state index is 0.0148. The Balaban J connectivity index is 1.17. The fraction of sp³-hybridized carbons (Fsp3) is 0.231. The third-order valence-electron chi connectivity index (χ3n) is 9.05. The van der Waals surface area contributed by atoms with Crippen LogP contribution in [0.5, 0.6) is 17.2 Å². The maximum atomic E-state index is 13.0. The predicted octanol–water partition coefficient (Wildman–Crippen LogP) is 3.78. The van der Waals surface area contributed by atoms with Crippen molar-refractivity contribution in [2.75, 3.05) is 32.8 Å². The molecule has 3 heterocycles. The summed E-state index contributed by atoms with van der Waals surface area (Å²) in [5.74, 6) is 1.09. The Morgan fingerprint density at radius 2 is 1.42 bits per heavy atom. The SMILES string of the molecule is COc1ccc(C(OC[C@H]2O[C@@H](n3cnc4c(=O)[nH]c(NC(=O)COc5ccccc5)nc43)[C@H](O)[C@@H]2O)(c2ccccc2)c2ccc(OC)cc2)cc1. The Morgan fingerprint density at radius 1 is 0.830 bits per heavy atom. The molecule has 4 N–H and O–H groups in total. The first-order chi connectivity index (χ1) is 25.8. The number of anilines is 1. The van der Waals surface area contributed by atoms with Crippen molar-refractivity contribution < 1.29 is 38.7 Å². The maximum Gasteiger partial charge on any atom is 0.280 e. The van der Waals surface area contributed by atoms with Gasteiger partial charge in [-0.05, 0) is 53.1 Å². The molecule has 0 saturated carbocycles. The second-order valence-electron chi connectivity index (χ2n) is 12.2. The number of methoxy groups -OCH3 is 2. The van der Waals surface area contributed by atoms with E-state index in [4.69, 9.17) is 23.7 Å². The molecular weight excluding hydrogens is 682 g/mol. The van der Waals surface area contributed by atoms with Crippen molar-refractivity contribution in [2.24, 2.45) is 0 Å². The van der Waals surface area contributed by atoms with E-state index in [2.05, 4.69) is 20.3 Å². The highest BCUT2D eigenvalue weighted by Crippen LogP contribution is 2.43. The van der Waals surface area contributed by atoms with Gasteiger partial charge in [-0.25, -0.2) is 4.98 Å². The lowest BCUT2D eigenvalue weighted by molar-refractivity contribution is -0.118. The number of imidazole rings is 1. The van der Waals surface area contributed by atoms with Crippen molar-refractivity contribution in [3.63, 3.8) is 0 Å². The third-order valence-corrected chi connectivity index (χ3v) is 9.05. The van der Waals surface area contributed by atoms with Gasteiger partial charge in [-0.15, -0.1) is 0 Å². The zero-order chi connectivity index (χ0) is 37.0. The smallest absolute Gasteiger partial charge is 0.280 e. The van der Waals surface area contributed by atoms with E-state index in [1.165, 1.54) is 10.9 Å². The zero-order valence-electron chi connectivity index (χ0n) is 28.8. The van der Waals surface area contributed by atoms with Crippen LogP contribution < -0.4 is 25.1 Å². The largest absolute Gasteiger partial charge is 0.497 e. The molecule has 1 fully saturated rings. The summed E-state index contributed by atoms with van der Waals surface area (Å²) in [6, 6.07) is 33.4. The molecule has 0 spiro atoms. The number of hydrogen-bond donors (Lipinski definition) is 4. The van der Waals surface area contributed by atoms with Gasteiger partial charge >= 0.3 is 0 Å². The highest BCUT2D eigenvalue weighted by atomic mass is 16.6. The molecule has 1 aliphatic heterocycles. The van der Waals surface area contributed by atoms with Gasteiger partial charge in [0.1, 0.15) is 41.2 Å². The molecule has 0 unspecified atom stereocenters. The number of rotatable bonds is 13. The lowest BCUT2D eigenvalue weighted by Gasteiger charge is -2.37. The molecule has 14 heteroatoms. The van der Waals surface area contributed by atoms with E-state index >= 15 is 0 Å². The molecule has 14 nitrogen and oxygen atoms in total. The van der Waals surface area contributed by atoms with Crippen LogP contribution in [0.4, 0.5) is 5.95 Å². The number of nitrogens with one attached hydrogen (secondary N) is 2. The summed E-state index contributed by atoms with van der Waals surface area (Å²) < 4.78 is 30.8. The van der Waals surface area contributed by atoms with Crippen LogP contribution in [-0.4, -0.2) is 81.4 Å². The Bertz CT molecular complexity index is 2160. The highest BCUT2D eigenvalue weighted by Gasteiger charge is 2.47. The molecule has 1 aliphatic rings. The van der Waals surface area contributed by atoms with E-state index in [9.17, 15) is 19.8 Å². The summed E-state index contributed by atoms with van der Waals surface area (Å²) in [4.78, 5) is 36.6. The summed E-state index contributed by atoms with van der Waals surface area (Å²) in [6.45, 7) is -0.508. The van der Waals surface area contributed by atoms with Crippen LogP contribution in [0.3, 0.4) is 0 Å². The Hall–Kier alpha value is -6.06. The lowest BCUT2D eigenvalue weighted by atomic mass is 9.80. The van der Waals surface area contributed by atoms with Crippen molar-refractivity contribution in [2.45, 2.75) is 30.1 Å². The van der Waals surface area contributed by atoms with Gasteiger partial charge in [0.15, 0.2) is 24.0 Å². The standard InChI is InChI=1S/C39H37N5O9/c1-49-27-17-13-25(14-18-27)39(24-9-5-3-6-10-24,26-15-19-28(50-2)20-16-26)52-21-30-33(46)34(47)37(53-30)44-23-40-32-35(44)42-38(43-36(32)48)41-31(45)22-51-29-11-7-4-8-12-29/h3-20,23,30,33-34,37,46-47H,21-22H2,1-2H3,(H2,41,42,43,45,48)/t30-,33-,34-,37-/m1/s1. The van der Waals surface area contributed by atoms with Crippen molar-refractivity contribution in [1.29, 1.82) is 0 Å². The minimum atomic E-state index is -1.47. The average molecular weight is 720 g/mol. The molecule has 1 amide bonds. The van der Waals surface area contributed by atoms with Gasteiger partial charge in [0.05, 0.1) is 27.2 Å². The first-order valence-electron chi connectivity index (χ1n) is 16.8. The number of hydrogen-bond acceptors (Lipinski definition) is 11. The van der Waals surface area contributed by atoms with Gasteiger partial charge in [0.25, 0.3) is 11.5 Å². The number of ether oxygens (including phenoxy) is 5. The van der Waals surface area contributed by atoms with Gasteiger partial charge in [-0.1, -0.05) is 72.8 Å². The summed E-state index contributed by atoms with van der Waals surface area (Å²) in [5.41, 5.74) is 0.454. The molecular formula is C39H37N5O9. The number of nitrogens with zero attached hydrogens (tertiary/aromatic N) is 3. The molecule has 1 saturated heterocycles. The van der Waals surface area contributed by atoms with Crippen LogP contribution in [-0.2, 0) is 19.9 Å². The average Bonchev–Trinajstić information content (AvgIpc) is 3.75. The minimum Gasteiger partial charge on any atom is -0.497 e. The Morgan fingerprint density at radius 3 is 2.02 bits per heavy atom. The number of carbonyl (C=O) groups is 1. The number of aromatic nitrogens is 4. The van der Waals surface area contributed by atoms with Crippen LogP contribution in [0, 0.1) is 0 Å². The van der Waals surface area contributed by atoms with Crippen LogP contribution in [0.1, 0.15) is 22.9 Å². The first-order valence-corrected chi connectivity index (χ1v) is 16.8. The Kier molecular flexibility index (Phi) is 10.2. The number of para-hydroxylation sites is 1. The van der Waals surface area contributed by atoms with E-state index < -0.39 is 41.6 Å². The first kappa shape index (κ1) is 35.3. The number of aliphatic hydroxyl groups is 2. The molecule has 53 heavy (non-hydrogen) atoms. The predicted molar refractivity (Wildman–Crippen MR) is 193 cm³/mol. The van der Waals surface area contributed by atoms with Gasteiger partial charge in [0.2, 0.25) is 5.95 Å².